The number of hydrogen-bond acceptors (Lipinski definition) is 5. The van der Waals surface area contributed by atoms with Gasteiger partial charge in [0, 0.05) is 23.5 Å². The number of hydrogen-bond donors (Lipinski definition) is 0. The van der Waals surface area contributed by atoms with Crippen LogP contribution in [0, 0.1) is 0 Å². The monoisotopic (exact) mass is 371 g/mol. The van der Waals surface area contributed by atoms with E-state index >= 15 is 0 Å². The SMILES string of the molecule is Clc1ccccc1N=Nc1cnc(-c2ccncc2)nc1-c1ccccc1. The quantitative estimate of drug-likeness (QED) is 0.397. The second kappa shape index (κ2) is 7.85. The van der Waals surface area contributed by atoms with E-state index in [4.69, 9.17) is 16.6 Å². The molecule has 0 spiro atoms. The first-order valence-corrected chi connectivity index (χ1v) is 8.68. The average molecular weight is 372 g/mol. The van der Waals surface area contributed by atoms with Gasteiger partial charge in [0.25, 0.3) is 0 Å². The van der Waals surface area contributed by atoms with Crippen LogP contribution in [-0.4, -0.2) is 15.0 Å². The van der Waals surface area contributed by atoms with Gasteiger partial charge in [0.15, 0.2) is 5.82 Å². The van der Waals surface area contributed by atoms with Crippen molar-refractivity contribution in [3.63, 3.8) is 0 Å². The predicted octanol–water partition coefficient (Wildman–Crippen LogP) is 6.27. The zero-order chi connectivity index (χ0) is 18.5. The molecule has 4 aromatic rings. The maximum atomic E-state index is 6.16. The molecule has 0 bridgehead atoms. The van der Waals surface area contributed by atoms with E-state index in [-0.39, 0.29) is 0 Å². The largest absolute Gasteiger partial charge is 0.265 e. The summed E-state index contributed by atoms with van der Waals surface area (Å²) in [6, 6.07) is 20.9. The lowest BCUT2D eigenvalue weighted by Gasteiger charge is -2.07. The fourth-order valence-corrected chi connectivity index (χ4v) is 2.71. The van der Waals surface area contributed by atoms with Gasteiger partial charge in [0.2, 0.25) is 0 Å². The van der Waals surface area contributed by atoms with Crippen LogP contribution in [0.25, 0.3) is 22.6 Å². The molecule has 0 saturated heterocycles. The highest BCUT2D eigenvalue weighted by molar-refractivity contribution is 6.32. The average Bonchev–Trinajstić information content (AvgIpc) is 2.74. The standard InChI is InChI=1S/C21H14ClN5/c22-17-8-4-5-9-18(17)26-27-19-14-24-21(16-10-12-23-13-11-16)25-20(19)15-6-2-1-3-7-15/h1-14H. The normalized spacial score (nSPS) is 11.0. The second-order valence-electron chi connectivity index (χ2n) is 5.68. The number of halogens is 1. The lowest BCUT2D eigenvalue weighted by molar-refractivity contribution is 1.13. The minimum Gasteiger partial charge on any atom is -0.265 e. The molecular formula is C21H14ClN5. The maximum Gasteiger partial charge on any atom is 0.160 e. The molecule has 0 saturated carbocycles. The number of aromatic nitrogens is 3. The summed E-state index contributed by atoms with van der Waals surface area (Å²) in [6.07, 6.45) is 5.10. The Kier molecular flexibility index (Phi) is 4.94. The molecule has 2 heterocycles. The first-order valence-electron chi connectivity index (χ1n) is 8.30. The Hall–Kier alpha value is -3.44. The maximum absolute atomic E-state index is 6.16. The first kappa shape index (κ1) is 17.0. The van der Waals surface area contributed by atoms with E-state index in [0.29, 0.717) is 27.9 Å². The van der Waals surface area contributed by atoms with Crippen molar-refractivity contribution in [2.45, 2.75) is 0 Å². The highest BCUT2D eigenvalue weighted by Crippen LogP contribution is 2.32. The summed E-state index contributed by atoms with van der Waals surface area (Å²) in [5.74, 6) is 0.605. The van der Waals surface area contributed by atoms with Crippen molar-refractivity contribution in [1.82, 2.24) is 15.0 Å². The third-order valence-corrected chi connectivity index (χ3v) is 4.19. The first-order chi connectivity index (χ1) is 13.3. The Labute approximate surface area is 161 Å². The van der Waals surface area contributed by atoms with Crippen molar-refractivity contribution in [3.05, 3.63) is 90.3 Å². The van der Waals surface area contributed by atoms with Crippen molar-refractivity contribution in [2.75, 3.05) is 0 Å². The zero-order valence-electron chi connectivity index (χ0n) is 14.2. The molecule has 0 aliphatic heterocycles. The second-order valence-corrected chi connectivity index (χ2v) is 6.09. The topological polar surface area (TPSA) is 63.4 Å². The molecule has 0 N–H and O–H groups in total. The van der Waals surface area contributed by atoms with Gasteiger partial charge >= 0.3 is 0 Å². The molecular weight excluding hydrogens is 358 g/mol. The number of nitrogens with zero attached hydrogens (tertiary/aromatic N) is 5. The van der Waals surface area contributed by atoms with Gasteiger partial charge in [-0.15, -0.1) is 10.2 Å². The highest BCUT2D eigenvalue weighted by atomic mass is 35.5. The van der Waals surface area contributed by atoms with Gasteiger partial charge in [-0.3, -0.25) is 4.98 Å². The van der Waals surface area contributed by atoms with E-state index in [1.165, 1.54) is 0 Å². The summed E-state index contributed by atoms with van der Waals surface area (Å²) in [4.78, 5) is 13.2. The van der Waals surface area contributed by atoms with Gasteiger partial charge in [0.05, 0.1) is 11.2 Å². The lowest BCUT2D eigenvalue weighted by atomic mass is 10.1. The van der Waals surface area contributed by atoms with Crippen LogP contribution in [0.3, 0.4) is 0 Å². The minimum atomic E-state index is 0.539. The lowest BCUT2D eigenvalue weighted by Crippen LogP contribution is -1.92. The van der Waals surface area contributed by atoms with Crippen LogP contribution in [0.4, 0.5) is 11.4 Å². The summed E-state index contributed by atoms with van der Waals surface area (Å²) in [5.41, 5.74) is 3.68. The van der Waals surface area contributed by atoms with Gasteiger partial charge in [0.1, 0.15) is 17.1 Å². The number of azo groups is 1. The van der Waals surface area contributed by atoms with Crippen molar-refractivity contribution < 1.29 is 0 Å². The molecule has 0 amide bonds. The number of rotatable bonds is 4. The molecule has 6 heteroatoms. The Morgan fingerprint density at radius 2 is 1.41 bits per heavy atom. The molecule has 0 fully saturated rings. The van der Waals surface area contributed by atoms with Gasteiger partial charge in [-0.05, 0) is 24.3 Å². The summed E-state index contributed by atoms with van der Waals surface area (Å²) >= 11 is 6.16. The van der Waals surface area contributed by atoms with Gasteiger partial charge in [-0.25, -0.2) is 9.97 Å². The molecule has 0 radical (unpaired) electrons. The summed E-state index contributed by atoms with van der Waals surface area (Å²) in [6.45, 7) is 0. The van der Waals surface area contributed by atoms with Gasteiger partial charge in [-0.2, -0.15) is 0 Å². The molecule has 5 nitrogen and oxygen atoms in total. The van der Waals surface area contributed by atoms with E-state index in [9.17, 15) is 0 Å². The Balaban J connectivity index is 1.80. The van der Waals surface area contributed by atoms with E-state index < -0.39 is 0 Å². The minimum absolute atomic E-state index is 0.539. The van der Waals surface area contributed by atoms with E-state index in [0.717, 1.165) is 11.1 Å². The van der Waals surface area contributed by atoms with E-state index in [1.54, 1.807) is 30.7 Å². The molecule has 0 unspecified atom stereocenters. The highest BCUT2D eigenvalue weighted by Gasteiger charge is 2.11. The van der Waals surface area contributed by atoms with Crippen LogP contribution in [0.5, 0.6) is 0 Å². The zero-order valence-corrected chi connectivity index (χ0v) is 15.0. The number of benzene rings is 2. The summed E-state index contributed by atoms with van der Waals surface area (Å²) < 4.78 is 0. The molecule has 4 rings (SSSR count). The molecule has 130 valence electrons. The molecule has 27 heavy (non-hydrogen) atoms. The summed E-state index contributed by atoms with van der Waals surface area (Å²) in [7, 11) is 0. The van der Waals surface area contributed by atoms with Crippen LogP contribution in [0.1, 0.15) is 0 Å². The Bertz CT molecular complexity index is 1080. The smallest absolute Gasteiger partial charge is 0.160 e. The van der Waals surface area contributed by atoms with Crippen molar-refractivity contribution in [2.24, 2.45) is 10.2 Å². The van der Waals surface area contributed by atoms with Gasteiger partial charge < -0.3 is 0 Å². The fraction of sp³-hybridized carbons (Fsp3) is 0. The molecule has 0 aliphatic carbocycles. The van der Waals surface area contributed by atoms with E-state index in [1.807, 2.05) is 54.6 Å². The van der Waals surface area contributed by atoms with E-state index in [2.05, 4.69) is 20.2 Å². The van der Waals surface area contributed by atoms with Crippen molar-refractivity contribution >= 4 is 23.0 Å². The van der Waals surface area contributed by atoms with Gasteiger partial charge in [-0.1, -0.05) is 54.1 Å². The molecule has 0 aliphatic rings. The molecule has 2 aromatic carbocycles. The fourth-order valence-electron chi connectivity index (χ4n) is 2.54. The summed E-state index contributed by atoms with van der Waals surface area (Å²) in [5, 5.41) is 9.16. The third kappa shape index (κ3) is 3.88. The van der Waals surface area contributed by atoms with Crippen LogP contribution < -0.4 is 0 Å². The van der Waals surface area contributed by atoms with Crippen LogP contribution in [0.2, 0.25) is 5.02 Å². The van der Waals surface area contributed by atoms with Crippen LogP contribution >= 0.6 is 11.6 Å². The van der Waals surface area contributed by atoms with Crippen LogP contribution in [0.15, 0.2) is 95.5 Å². The molecule has 2 aromatic heterocycles. The Morgan fingerprint density at radius 1 is 0.704 bits per heavy atom. The Morgan fingerprint density at radius 3 is 2.19 bits per heavy atom. The van der Waals surface area contributed by atoms with Crippen LogP contribution in [-0.2, 0) is 0 Å². The van der Waals surface area contributed by atoms with Crippen molar-refractivity contribution in [1.29, 1.82) is 0 Å². The number of pyridine rings is 1. The third-order valence-electron chi connectivity index (χ3n) is 3.87. The predicted molar refractivity (Wildman–Crippen MR) is 106 cm³/mol. The van der Waals surface area contributed by atoms with Crippen molar-refractivity contribution in [3.8, 4) is 22.6 Å². The molecule has 0 atom stereocenters.